The second kappa shape index (κ2) is 6.50. The lowest BCUT2D eigenvalue weighted by Crippen LogP contribution is -2.30. The summed E-state index contributed by atoms with van der Waals surface area (Å²) in [6.45, 7) is 1.68. The summed E-state index contributed by atoms with van der Waals surface area (Å²) in [5, 5.41) is 14.5. The predicted molar refractivity (Wildman–Crippen MR) is 91.2 cm³/mol. The van der Waals surface area contributed by atoms with Gasteiger partial charge < -0.3 is 5.11 Å². The zero-order chi connectivity index (χ0) is 17.1. The second-order valence-electron chi connectivity index (χ2n) is 5.51. The van der Waals surface area contributed by atoms with Crippen LogP contribution in [-0.2, 0) is 16.0 Å². The minimum Gasteiger partial charge on any atom is -0.508 e. The number of hydrogen-bond donors (Lipinski definition) is 1. The quantitative estimate of drug-likeness (QED) is 0.884. The van der Waals surface area contributed by atoms with Crippen molar-refractivity contribution < 1.29 is 14.7 Å². The summed E-state index contributed by atoms with van der Waals surface area (Å²) in [6.07, 6.45) is 1.74. The molecular weight excluding hydrogens is 304 g/mol. The lowest BCUT2D eigenvalue weighted by molar-refractivity contribution is -0.141. The molecule has 0 aromatic heterocycles. The molecule has 0 unspecified atom stereocenters. The van der Waals surface area contributed by atoms with Crippen molar-refractivity contribution >= 4 is 23.6 Å². The van der Waals surface area contributed by atoms with E-state index in [-0.39, 0.29) is 18.1 Å². The average Bonchev–Trinajstić information content (AvgIpc) is 2.84. The maximum absolute atomic E-state index is 12.5. The number of carbonyl (C=O) groups is 2. The molecule has 0 saturated carbocycles. The zero-order valence-electron chi connectivity index (χ0n) is 13.1. The standard InChI is InChI=1S/C19H16N2O3/c1-13-17(11-15-8-5-9-16(22)10-15)19(24)21(20-13)18(23)12-14-6-3-2-4-7-14/h2-11,22H,12H2,1H3/b17-11+. The van der Waals surface area contributed by atoms with Crippen molar-refractivity contribution in [1.29, 1.82) is 0 Å². The summed E-state index contributed by atoms with van der Waals surface area (Å²) < 4.78 is 0. The predicted octanol–water partition coefficient (Wildman–Crippen LogP) is 2.76. The van der Waals surface area contributed by atoms with Gasteiger partial charge in [-0.2, -0.15) is 10.1 Å². The van der Waals surface area contributed by atoms with Crippen LogP contribution in [0, 0.1) is 0 Å². The van der Waals surface area contributed by atoms with Crippen LogP contribution in [0.25, 0.3) is 6.08 Å². The molecule has 0 radical (unpaired) electrons. The Morgan fingerprint density at radius 1 is 1.17 bits per heavy atom. The summed E-state index contributed by atoms with van der Waals surface area (Å²) in [5.41, 5.74) is 2.32. The van der Waals surface area contributed by atoms with Crippen LogP contribution in [0.2, 0.25) is 0 Å². The molecule has 2 aromatic rings. The van der Waals surface area contributed by atoms with E-state index in [9.17, 15) is 14.7 Å². The van der Waals surface area contributed by atoms with E-state index in [1.165, 1.54) is 0 Å². The molecule has 0 atom stereocenters. The molecule has 24 heavy (non-hydrogen) atoms. The Kier molecular flexibility index (Phi) is 4.24. The zero-order valence-corrected chi connectivity index (χ0v) is 13.1. The fraction of sp³-hybridized carbons (Fsp3) is 0.105. The lowest BCUT2D eigenvalue weighted by atomic mass is 10.1. The average molecular weight is 320 g/mol. The summed E-state index contributed by atoms with van der Waals surface area (Å²) in [4.78, 5) is 24.9. The van der Waals surface area contributed by atoms with Crippen molar-refractivity contribution in [2.24, 2.45) is 5.10 Å². The monoisotopic (exact) mass is 320 g/mol. The smallest absolute Gasteiger partial charge is 0.283 e. The highest BCUT2D eigenvalue weighted by Gasteiger charge is 2.32. The fourth-order valence-corrected chi connectivity index (χ4v) is 2.48. The maximum Gasteiger partial charge on any atom is 0.283 e. The Bertz CT molecular complexity index is 854. The highest BCUT2D eigenvalue weighted by molar-refractivity contribution is 6.29. The highest BCUT2D eigenvalue weighted by Crippen LogP contribution is 2.21. The normalized spacial score (nSPS) is 15.7. The van der Waals surface area contributed by atoms with Crippen molar-refractivity contribution in [3.8, 4) is 5.75 Å². The van der Waals surface area contributed by atoms with E-state index in [0.717, 1.165) is 10.6 Å². The Hall–Kier alpha value is -3.21. The second-order valence-corrected chi connectivity index (χ2v) is 5.51. The van der Waals surface area contributed by atoms with Crippen LogP contribution in [0.1, 0.15) is 18.1 Å². The van der Waals surface area contributed by atoms with Crippen LogP contribution in [0.4, 0.5) is 0 Å². The summed E-state index contributed by atoms with van der Waals surface area (Å²) in [6, 6.07) is 15.8. The van der Waals surface area contributed by atoms with Crippen LogP contribution < -0.4 is 0 Å². The fourth-order valence-electron chi connectivity index (χ4n) is 2.48. The maximum atomic E-state index is 12.5. The number of aromatic hydroxyl groups is 1. The molecule has 120 valence electrons. The van der Waals surface area contributed by atoms with E-state index in [0.29, 0.717) is 16.8 Å². The molecule has 2 amide bonds. The molecule has 1 heterocycles. The number of rotatable bonds is 3. The Labute approximate surface area is 139 Å². The molecule has 5 heteroatoms. The van der Waals surface area contributed by atoms with Crippen LogP contribution in [0.3, 0.4) is 0 Å². The molecule has 0 aliphatic carbocycles. The SMILES string of the molecule is CC1=NN(C(=O)Cc2ccccc2)C(=O)/C1=C/c1cccc(O)c1. The minimum atomic E-state index is -0.447. The number of carbonyl (C=O) groups excluding carboxylic acids is 2. The topological polar surface area (TPSA) is 70.0 Å². The first-order valence-corrected chi connectivity index (χ1v) is 7.52. The Morgan fingerprint density at radius 3 is 2.62 bits per heavy atom. The van der Waals surface area contributed by atoms with Crippen molar-refractivity contribution in [2.45, 2.75) is 13.3 Å². The van der Waals surface area contributed by atoms with Crippen LogP contribution >= 0.6 is 0 Å². The lowest BCUT2D eigenvalue weighted by Gasteiger charge is -2.09. The molecule has 1 aliphatic heterocycles. The van der Waals surface area contributed by atoms with Gasteiger partial charge in [-0.3, -0.25) is 9.59 Å². The molecule has 1 aliphatic rings. The van der Waals surface area contributed by atoms with E-state index < -0.39 is 5.91 Å². The number of phenolic OH excluding ortho intramolecular Hbond substituents is 1. The van der Waals surface area contributed by atoms with E-state index in [1.807, 2.05) is 30.3 Å². The van der Waals surface area contributed by atoms with Gasteiger partial charge in [-0.05, 0) is 36.3 Å². The number of hydrogen-bond acceptors (Lipinski definition) is 4. The first-order valence-electron chi connectivity index (χ1n) is 7.52. The summed E-state index contributed by atoms with van der Waals surface area (Å²) >= 11 is 0. The first kappa shape index (κ1) is 15.7. The molecule has 0 spiro atoms. The molecular formula is C19H16N2O3. The van der Waals surface area contributed by atoms with Crippen molar-refractivity contribution in [3.05, 3.63) is 71.3 Å². The molecule has 0 fully saturated rings. The third-order valence-corrected chi connectivity index (χ3v) is 3.68. The number of amides is 2. The van der Waals surface area contributed by atoms with Gasteiger partial charge in [0.15, 0.2) is 0 Å². The Balaban J connectivity index is 1.81. The van der Waals surface area contributed by atoms with E-state index in [4.69, 9.17) is 0 Å². The molecule has 0 saturated heterocycles. The summed E-state index contributed by atoms with van der Waals surface area (Å²) in [7, 11) is 0. The highest BCUT2D eigenvalue weighted by atomic mass is 16.3. The largest absolute Gasteiger partial charge is 0.508 e. The van der Waals surface area contributed by atoms with Crippen LogP contribution in [-0.4, -0.2) is 27.6 Å². The van der Waals surface area contributed by atoms with Crippen molar-refractivity contribution in [3.63, 3.8) is 0 Å². The van der Waals surface area contributed by atoms with Gasteiger partial charge in [0.1, 0.15) is 5.75 Å². The minimum absolute atomic E-state index is 0.112. The number of imide groups is 1. The van der Waals surface area contributed by atoms with E-state index >= 15 is 0 Å². The van der Waals surface area contributed by atoms with Gasteiger partial charge in [-0.25, -0.2) is 0 Å². The van der Waals surface area contributed by atoms with Crippen molar-refractivity contribution in [1.82, 2.24) is 5.01 Å². The third-order valence-electron chi connectivity index (χ3n) is 3.68. The molecule has 0 bridgehead atoms. The number of benzene rings is 2. The van der Waals surface area contributed by atoms with Gasteiger partial charge in [-0.15, -0.1) is 0 Å². The first-order chi connectivity index (χ1) is 11.5. The van der Waals surface area contributed by atoms with Gasteiger partial charge in [-0.1, -0.05) is 42.5 Å². The van der Waals surface area contributed by atoms with Gasteiger partial charge in [0, 0.05) is 0 Å². The van der Waals surface area contributed by atoms with Crippen LogP contribution in [0.5, 0.6) is 5.75 Å². The molecule has 5 nitrogen and oxygen atoms in total. The molecule has 3 rings (SSSR count). The van der Waals surface area contributed by atoms with E-state index in [1.54, 1.807) is 37.3 Å². The summed E-state index contributed by atoms with van der Waals surface area (Å²) in [5.74, 6) is -0.706. The van der Waals surface area contributed by atoms with Crippen molar-refractivity contribution in [2.75, 3.05) is 0 Å². The van der Waals surface area contributed by atoms with Crippen LogP contribution in [0.15, 0.2) is 65.3 Å². The van der Waals surface area contributed by atoms with Gasteiger partial charge in [0.25, 0.3) is 11.8 Å². The number of phenols is 1. The molecule has 1 N–H and O–H groups in total. The number of nitrogens with zero attached hydrogens (tertiary/aromatic N) is 2. The number of hydrazone groups is 1. The van der Waals surface area contributed by atoms with Gasteiger partial charge in [0.05, 0.1) is 17.7 Å². The molecule has 2 aromatic carbocycles. The van der Waals surface area contributed by atoms with E-state index in [2.05, 4.69) is 5.10 Å². The van der Waals surface area contributed by atoms with Gasteiger partial charge >= 0.3 is 0 Å². The Morgan fingerprint density at radius 2 is 1.92 bits per heavy atom. The van der Waals surface area contributed by atoms with Gasteiger partial charge in [0.2, 0.25) is 0 Å². The third kappa shape index (κ3) is 3.25.